The Hall–Kier alpha value is -1.42. The van der Waals surface area contributed by atoms with E-state index in [9.17, 15) is 21.6 Å². The molecule has 0 aliphatic heterocycles. The molecule has 0 saturated heterocycles. The summed E-state index contributed by atoms with van der Waals surface area (Å²) >= 11 is 1.44. The lowest BCUT2D eigenvalue weighted by Crippen LogP contribution is -2.29. The fourth-order valence-electron chi connectivity index (χ4n) is 1.90. The molecule has 4 nitrogen and oxygen atoms in total. The minimum atomic E-state index is -4.60. The standard InChI is InChI=1S/C14H14F3NO3S2/c1-21-13(10-5-6-22-9-10)8-18-23(19,20)12-4-2-3-11(7-12)14(15,16)17/h2-7,9,13,18H,8H2,1H3/t13-/m0/s1. The van der Waals surface area contributed by atoms with Gasteiger partial charge >= 0.3 is 6.18 Å². The Kier molecular flexibility index (Phi) is 5.45. The molecule has 0 saturated carbocycles. The molecule has 0 aliphatic rings. The fourth-order valence-corrected chi connectivity index (χ4v) is 3.68. The van der Waals surface area contributed by atoms with E-state index >= 15 is 0 Å². The first-order valence-electron chi connectivity index (χ1n) is 6.46. The van der Waals surface area contributed by atoms with Gasteiger partial charge in [0.05, 0.1) is 16.6 Å². The summed E-state index contributed by atoms with van der Waals surface area (Å²) in [6.07, 6.45) is -5.11. The van der Waals surface area contributed by atoms with E-state index < -0.39 is 32.8 Å². The number of benzene rings is 1. The molecule has 0 amide bonds. The highest BCUT2D eigenvalue weighted by Crippen LogP contribution is 2.30. The van der Waals surface area contributed by atoms with Crippen LogP contribution < -0.4 is 4.72 Å². The first kappa shape index (κ1) is 17.9. The topological polar surface area (TPSA) is 55.4 Å². The van der Waals surface area contributed by atoms with Crippen molar-refractivity contribution in [3.05, 3.63) is 52.2 Å². The Balaban J connectivity index is 2.16. The molecule has 1 atom stereocenters. The van der Waals surface area contributed by atoms with Gasteiger partial charge in [-0.25, -0.2) is 13.1 Å². The number of ether oxygens (including phenoxy) is 1. The van der Waals surface area contributed by atoms with Crippen LogP contribution >= 0.6 is 11.3 Å². The lowest BCUT2D eigenvalue weighted by molar-refractivity contribution is -0.137. The van der Waals surface area contributed by atoms with Gasteiger partial charge in [-0.15, -0.1) is 0 Å². The highest BCUT2D eigenvalue weighted by molar-refractivity contribution is 7.89. The molecule has 0 spiro atoms. The van der Waals surface area contributed by atoms with Crippen LogP contribution in [0.2, 0.25) is 0 Å². The molecular weight excluding hydrogens is 351 g/mol. The molecule has 2 rings (SSSR count). The highest BCUT2D eigenvalue weighted by Gasteiger charge is 2.31. The molecule has 2 aromatic rings. The van der Waals surface area contributed by atoms with Crippen molar-refractivity contribution in [2.45, 2.75) is 17.2 Å². The van der Waals surface area contributed by atoms with Crippen molar-refractivity contribution in [1.82, 2.24) is 4.72 Å². The van der Waals surface area contributed by atoms with Crippen LogP contribution in [0.25, 0.3) is 0 Å². The van der Waals surface area contributed by atoms with E-state index in [0.717, 1.165) is 23.8 Å². The van der Waals surface area contributed by atoms with Crippen LogP contribution in [0.15, 0.2) is 46.0 Å². The first-order chi connectivity index (χ1) is 10.7. The Bertz CT molecular complexity index is 743. The van der Waals surface area contributed by atoms with E-state index in [-0.39, 0.29) is 6.54 Å². The maximum absolute atomic E-state index is 12.7. The fraction of sp³-hybridized carbons (Fsp3) is 0.286. The molecular formula is C14H14F3NO3S2. The molecule has 126 valence electrons. The zero-order valence-electron chi connectivity index (χ0n) is 12.0. The molecule has 0 bridgehead atoms. The average molecular weight is 365 g/mol. The monoisotopic (exact) mass is 365 g/mol. The number of hydrogen-bond acceptors (Lipinski definition) is 4. The molecule has 0 fully saturated rings. The summed E-state index contributed by atoms with van der Waals surface area (Å²) in [6, 6.07) is 5.39. The Morgan fingerprint density at radius 1 is 1.30 bits per heavy atom. The van der Waals surface area contributed by atoms with Gasteiger partial charge in [-0.1, -0.05) is 6.07 Å². The zero-order chi connectivity index (χ0) is 17.1. The van der Waals surface area contributed by atoms with Gasteiger partial charge < -0.3 is 4.74 Å². The van der Waals surface area contributed by atoms with Gasteiger partial charge in [0.25, 0.3) is 0 Å². The van der Waals surface area contributed by atoms with Crippen molar-refractivity contribution in [2.75, 3.05) is 13.7 Å². The van der Waals surface area contributed by atoms with Crippen molar-refractivity contribution in [3.63, 3.8) is 0 Å². The molecule has 9 heteroatoms. The average Bonchev–Trinajstić information content (AvgIpc) is 3.01. The van der Waals surface area contributed by atoms with Crippen LogP contribution in [0.1, 0.15) is 17.2 Å². The second-order valence-electron chi connectivity index (χ2n) is 4.66. The summed E-state index contributed by atoms with van der Waals surface area (Å²) in [6.45, 7) is -0.0776. The van der Waals surface area contributed by atoms with Crippen LogP contribution in [0.5, 0.6) is 0 Å². The van der Waals surface area contributed by atoms with E-state index in [0.29, 0.717) is 6.07 Å². The minimum absolute atomic E-state index is 0.0776. The van der Waals surface area contributed by atoms with E-state index in [1.165, 1.54) is 18.4 Å². The molecule has 23 heavy (non-hydrogen) atoms. The number of halogens is 3. The van der Waals surface area contributed by atoms with Crippen LogP contribution in [0.3, 0.4) is 0 Å². The highest BCUT2D eigenvalue weighted by atomic mass is 32.2. The van der Waals surface area contributed by atoms with E-state index in [1.807, 2.05) is 10.8 Å². The molecule has 0 unspecified atom stereocenters. The molecule has 1 aromatic carbocycles. The third-order valence-corrected chi connectivity index (χ3v) is 5.25. The summed E-state index contributed by atoms with van der Waals surface area (Å²) < 4.78 is 69.9. The summed E-state index contributed by atoms with van der Waals surface area (Å²) in [5, 5.41) is 3.63. The molecule has 1 aromatic heterocycles. The zero-order valence-corrected chi connectivity index (χ0v) is 13.6. The van der Waals surface area contributed by atoms with Crippen molar-refractivity contribution in [3.8, 4) is 0 Å². The van der Waals surface area contributed by atoms with Crippen LogP contribution in [-0.4, -0.2) is 22.1 Å². The quantitative estimate of drug-likeness (QED) is 0.853. The number of nitrogens with one attached hydrogen (secondary N) is 1. The second kappa shape index (κ2) is 7.00. The van der Waals surface area contributed by atoms with E-state index in [2.05, 4.69) is 4.72 Å². The number of alkyl halides is 3. The third kappa shape index (κ3) is 4.54. The largest absolute Gasteiger partial charge is 0.416 e. The third-order valence-electron chi connectivity index (χ3n) is 3.13. The lowest BCUT2D eigenvalue weighted by atomic mass is 10.2. The Labute approximate surface area is 136 Å². The van der Waals surface area contributed by atoms with Gasteiger partial charge in [0, 0.05) is 13.7 Å². The van der Waals surface area contributed by atoms with Crippen LogP contribution in [0, 0.1) is 0 Å². The van der Waals surface area contributed by atoms with E-state index in [1.54, 1.807) is 6.07 Å². The van der Waals surface area contributed by atoms with Crippen molar-refractivity contribution >= 4 is 21.4 Å². The summed E-state index contributed by atoms with van der Waals surface area (Å²) in [4.78, 5) is -0.438. The number of rotatable bonds is 6. The Morgan fingerprint density at radius 3 is 2.61 bits per heavy atom. The van der Waals surface area contributed by atoms with Crippen LogP contribution in [0.4, 0.5) is 13.2 Å². The van der Waals surface area contributed by atoms with E-state index in [4.69, 9.17) is 4.74 Å². The number of thiophene rings is 1. The lowest BCUT2D eigenvalue weighted by Gasteiger charge is -2.15. The summed E-state index contributed by atoms with van der Waals surface area (Å²) in [7, 11) is -2.63. The van der Waals surface area contributed by atoms with Gasteiger partial charge in [-0.3, -0.25) is 0 Å². The first-order valence-corrected chi connectivity index (χ1v) is 8.88. The molecule has 1 heterocycles. The second-order valence-corrected chi connectivity index (χ2v) is 7.21. The van der Waals surface area contributed by atoms with Gasteiger partial charge in [0.2, 0.25) is 10.0 Å². The molecule has 0 radical (unpaired) electrons. The predicted molar refractivity (Wildman–Crippen MR) is 80.7 cm³/mol. The number of methoxy groups -OCH3 is 1. The maximum atomic E-state index is 12.7. The van der Waals surface area contributed by atoms with Gasteiger partial charge in [0.1, 0.15) is 0 Å². The maximum Gasteiger partial charge on any atom is 0.416 e. The van der Waals surface area contributed by atoms with Crippen molar-refractivity contribution < 1.29 is 26.3 Å². The summed E-state index contributed by atoms with van der Waals surface area (Å²) in [5.74, 6) is 0. The van der Waals surface area contributed by atoms with Gasteiger partial charge in [0.15, 0.2) is 0 Å². The smallest absolute Gasteiger partial charge is 0.375 e. The van der Waals surface area contributed by atoms with Crippen molar-refractivity contribution in [1.29, 1.82) is 0 Å². The summed E-state index contributed by atoms with van der Waals surface area (Å²) in [5.41, 5.74) is -0.217. The number of sulfonamides is 1. The molecule has 1 N–H and O–H groups in total. The van der Waals surface area contributed by atoms with Gasteiger partial charge in [-0.2, -0.15) is 24.5 Å². The SMILES string of the molecule is CO[C@@H](CNS(=O)(=O)c1cccc(C(F)(F)F)c1)c1ccsc1. The Morgan fingerprint density at radius 2 is 2.04 bits per heavy atom. The number of hydrogen-bond donors (Lipinski definition) is 1. The normalized spacial score (nSPS) is 13.9. The van der Waals surface area contributed by atoms with Gasteiger partial charge in [-0.05, 0) is 40.6 Å². The van der Waals surface area contributed by atoms with Crippen LogP contribution in [-0.2, 0) is 20.9 Å². The predicted octanol–water partition coefficient (Wildman–Crippen LogP) is 3.43. The molecule has 0 aliphatic carbocycles. The minimum Gasteiger partial charge on any atom is -0.375 e. The van der Waals surface area contributed by atoms with Crippen molar-refractivity contribution in [2.24, 2.45) is 0 Å².